The standard InChI is InChI=1S/C26H23FN2O2/c1-17-10-18(2)12-20(11-17)14-21-5-4-19(15-25(21)31-3)13-22(16-28)26(30)29-24-8-6-23(27)7-9-24/h4-13,15H,14H2,1-3H3,(H,29,30)/b22-13+. The number of methoxy groups -OCH3 is 1. The number of nitriles is 1. The van der Waals surface area contributed by atoms with E-state index in [4.69, 9.17) is 4.74 Å². The number of rotatable bonds is 6. The van der Waals surface area contributed by atoms with Crippen LogP contribution in [0.2, 0.25) is 0 Å². The van der Waals surface area contributed by atoms with Crippen molar-refractivity contribution in [1.29, 1.82) is 5.26 Å². The summed E-state index contributed by atoms with van der Waals surface area (Å²) >= 11 is 0. The second-order valence-corrected chi connectivity index (χ2v) is 7.37. The summed E-state index contributed by atoms with van der Waals surface area (Å²) in [5, 5.41) is 12.0. The van der Waals surface area contributed by atoms with Gasteiger partial charge in [-0.05, 0) is 66.9 Å². The van der Waals surface area contributed by atoms with Crippen LogP contribution in [-0.2, 0) is 11.2 Å². The fourth-order valence-electron chi connectivity index (χ4n) is 3.43. The average Bonchev–Trinajstić information content (AvgIpc) is 2.73. The lowest BCUT2D eigenvalue weighted by Crippen LogP contribution is -2.13. The van der Waals surface area contributed by atoms with E-state index in [1.807, 2.05) is 18.2 Å². The molecule has 0 bridgehead atoms. The van der Waals surface area contributed by atoms with Gasteiger partial charge in [-0.25, -0.2) is 4.39 Å². The molecular weight excluding hydrogens is 391 g/mol. The minimum atomic E-state index is -0.563. The van der Waals surface area contributed by atoms with E-state index < -0.39 is 11.7 Å². The minimum Gasteiger partial charge on any atom is -0.496 e. The normalized spacial score (nSPS) is 11.0. The van der Waals surface area contributed by atoms with Crippen LogP contribution >= 0.6 is 0 Å². The van der Waals surface area contributed by atoms with Crippen molar-refractivity contribution < 1.29 is 13.9 Å². The van der Waals surface area contributed by atoms with Crippen LogP contribution in [0.5, 0.6) is 5.75 Å². The molecule has 0 aliphatic carbocycles. The van der Waals surface area contributed by atoms with Crippen LogP contribution in [0.15, 0.2) is 66.2 Å². The molecule has 0 aliphatic heterocycles. The number of halogens is 1. The highest BCUT2D eigenvalue weighted by atomic mass is 19.1. The van der Waals surface area contributed by atoms with Gasteiger partial charge in [0.2, 0.25) is 0 Å². The van der Waals surface area contributed by atoms with E-state index in [2.05, 4.69) is 37.4 Å². The zero-order valence-electron chi connectivity index (χ0n) is 17.7. The second-order valence-electron chi connectivity index (χ2n) is 7.37. The third kappa shape index (κ3) is 5.80. The Morgan fingerprint density at radius 2 is 1.74 bits per heavy atom. The topological polar surface area (TPSA) is 62.1 Å². The van der Waals surface area contributed by atoms with Crippen molar-refractivity contribution in [2.24, 2.45) is 0 Å². The van der Waals surface area contributed by atoms with Gasteiger partial charge in [0.25, 0.3) is 5.91 Å². The van der Waals surface area contributed by atoms with Crippen LogP contribution in [-0.4, -0.2) is 13.0 Å². The van der Waals surface area contributed by atoms with Gasteiger partial charge in [-0.15, -0.1) is 0 Å². The van der Waals surface area contributed by atoms with Crippen LogP contribution in [0.3, 0.4) is 0 Å². The Morgan fingerprint density at radius 1 is 1.06 bits per heavy atom. The van der Waals surface area contributed by atoms with Crippen molar-refractivity contribution in [3.8, 4) is 11.8 Å². The van der Waals surface area contributed by atoms with E-state index >= 15 is 0 Å². The lowest BCUT2D eigenvalue weighted by Gasteiger charge is -2.11. The molecule has 5 heteroatoms. The average molecular weight is 414 g/mol. The molecule has 3 aromatic rings. The molecule has 0 atom stereocenters. The Hall–Kier alpha value is -3.91. The fraction of sp³-hybridized carbons (Fsp3) is 0.154. The first-order chi connectivity index (χ1) is 14.9. The van der Waals surface area contributed by atoms with Gasteiger partial charge in [-0.2, -0.15) is 5.26 Å². The number of amides is 1. The molecular formula is C26H23FN2O2. The molecule has 0 aliphatic rings. The van der Waals surface area contributed by atoms with E-state index in [9.17, 15) is 14.4 Å². The predicted molar refractivity (Wildman–Crippen MR) is 120 cm³/mol. The maximum atomic E-state index is 13.0. The fourth-order valence-corrected chi connectivity index (χ4v) is 3.43. The van der Waals surface area contributed by atoms with Crippen molar-refractivity contribution in [2.45, 2.75) is 20.3 Å². The van der Waals surface area contributed by atoms with E-state index in [-0.39, 0.29) is 5.57 Å². The second kappa shape index (κ2) is 9.73. The highest BCUT2D eigenvalue weighted by Crippen LogP contribution is 2.25. The van der Waals surface area contributed by atoms with E-state index in [1.165, 1.54) is 47.0 Å². The number of aryl methyl sites for hydroxylation is 2. The number of carbonyl (C=O) groups excluding carboxylic acids is 1. The van der Waals surface area contributed by atoms with Crippen LogP contribution < -0.4 is 10.1 Å². The Morgan fingerprint density at radius 3 is 2.35 bits per heavy atom. The molecule has 0 spiro atoms. The van der Waals surface area contributed by atoms with Crippen LogP contribution in [0.25, 0.3) is 6.08 Å². The maximum absolute atomic E-state index is 13.0. The third-order valence-corrected chi connectivity index (χ3v) is 4.77. The molecule has 0 unspecified atom stereocenters. The predicted octanol–water partition coefficient (Wildman–Crippen LogP) is 5.59. The molecule has 1 amide bonds. The first-order valence-corrected chi connectivity index (χ1v) is 9.80. The molecule has 0 aromatic heterocycles. The molecule has 1 N–H and O–H groups in total. The van der Waals surface area contributed by atoms with E-state index in [0.29, 0.717) is 23.4 Å². The molecule has 0 saturated heterocycles. The quantitative estimate of drug-likeness (QED) is 0.423. The monoisotopic (exact) mass is 414 g/mol. The summed E-state index contributed by atoms with van der Waals surface area (Å²) in [5.41, 5.74) is 5.64. The van der Waals surface area contributed by atoms with Gasteiger partial charge in [-0.1, -0.05) is 41.5 Å². The smallest absolute Gasteiger partial charge is 0.266 e. The number of ether oxygens (including phenoxy) is 1. The molecule has 4 nitrogen and oxygen atoms in total. The molecule has 0 radical (unpaired) electrons. The first-order valence-electron chi connectivity index (χ1n) is 9.80. The SMILES string of the molecule is COc1cc(/C=C(\C#N)C(=O)Nc2ccc(F)cc2)ccc1Cc1cc(C)cc(C)c1. The largest absolute Gasteiger partial charge is 0.496 e. The maximum Gasteiger partial charge on any atom is 0.266 e. The zero-order valence-corrected chi connectivity index (χ0v) is 17.7. The minimum absolute atomic E-state index is 0.0616. The van der Waals surface area contributed by atoms with Crippen molar-refractivity contribution in [3.05, 3.63) is 99.9 Å². The highest BCUT2D eigenvalue weighted by molar-refractivity contribution is 6.09. The summed E-state index contributed by atoms with van der Waals surface area (Å²) < 4.78 is 18.6. The Balaban J connectivity index is 1.82. The Bertz CT molecular complexity index is 1150. The third-order valence-electron chi connectivity index (χ3n) is 4.77. The van der Waals surface area contributed by atoms with Crippen LogP contribution in [0, 0.1) is 31.0 Å². The van der Waals surface area contributed by atoms with Gasteiger partial charge in [-0.3, -0.25) is 4.79 Å². The molecule has 156 valence electrons. The molecule has 0 heterocycles. The number of nitrogens with one attached hydrogen (secondary N) is 1. The highest BCUT2D eigenvalue weighted by Gasteiger charge is 2.11. The number of hydrogen-bond acceptors (Lipinski definition) is 3. The van der Waals surface area contributed by atoms with Gasteiger partial charge in [0.05, 0.1) is 7.11 Å². The number of benzene rings is 3. The summed E-state index contributed by atoms with van der Waals surface area (Å²) in [4.78, 5) is 12.4. The molecule has 3 aromatic carbocycles. The molecule has 3 rings (SSSR count). The lowest BCUT2D eigenvalue weighted by atomic mass is 9.98. The van der Waals surface area contributed by atoms with Gasteiger partial charge in [0.1, 0.15) is 23.2 Å². The Kier molecular flexibility index (Phi) is 6.84. The van der Waals surface area contributed by atoms with E-state index in [0.717, 1.165) is 5.56 Å². The summed E-state index contributed by atoms with van der Waals surface area (Å²) in [6.45, 7) is 4.14. The number of nitrogens with zero attached hydrogens (tertiary/aromatic N) is 1. The zero-order chi connectivity index (χ0) is 22.4. The Labute approximate surface area is 181 Å². The summed E-state index contributed by atoms with van der Waals surface area (Å²) in [6.07, 6.45) is 2.22. The van der Waals surface area contributed by atoms with Crippen molar-refractivity contribution in [1.82, 2.24) is 0 Å². The first kappa shape index (κ1) is 21.8. The van der Waals surface area contributed by atoms with E-state index in [1.54, 1.807) is 13.2 Å². The van der Waals surface area contributed by atoms with Gasteiger partial charge < -0.3 is 10.1 Å². The number of anilines is 1. The van der Waals surface area contributed by atoms with Gasteiger partial charge in [0, 0.05) is 12.1 Å². The summed E-state index contributed by atoms with van der Waals surface area (Å²) in [6, 6.07) is 19.3. The molecule has 0 fully saturated rings. The van der Waals surface area contributed by atoms with Gasteiger partial charge in [0.15, 0.2) is 0 Å². The van der Waals surface area contributed by atoms with Crippen molar-refractivity contribution in [2.75, 3.05) is 12.4 Å². The van der Waals surface area contributed by atoms with Gasteiger partial charge >= 0.3 is 0 Å². The number of hydrogen-bond donors (Lipinski definition) is 1. The van der Waals surface area contributed by atoms with Crippen molar-refractivity contribution >= 4 is 17.7 Å². The summed E-state index contributed by atoms with van der Waals surface area (Å²) in [7, 11) is 1.60. The van der Waals surface area contributed by atoms with Crippen molar-refractivity contribution in [3.63, 3.8) is 0 Å². The van der Waals surface area contributed by atoms with Crippen LogP contribution in [0.1, 0.15) is 27.8 Å². The number of carbonyl (C=O) groups is 1. The molecule has 31 heavy (non-hydrogen) atoms. The lowest BCUT2D eigenvalue weighted by molar-refractivity contribution is -0.112. The van der Waals surface area contributed by atoms with Crippen LogP contribution in [0.4, 0.5) is 10.1 Å². The molecule has 0 saturated carbocycles. The summed E-state index contributed by atoms with van der Waals surface area (Å²) in [5.74, 6) is -0.279.